The van der Waals surface area contributed by atoms with Gasteiger partial charge in [0.25, 0.3) is 0 Å². The van der Waals surface area contributed by atoms with Gasteiger partial charge in [0.1, 0.15) is 29.4 Å². The Kier molecular flexibility index (Phi) is 13.6. The highest BCUT2D eigenvalue weighted by atomic mass is 16.6. The maximum absolute atomic E-state index is 13.5. The molecule has 10 heteroatoms. The third-order valence-corrected chi connectivity index (χ3v) is 9.28. The highest BCUT2D eigenvalue weighted by Gasteiger charge is 2.42. The van der Waals surface area contributed by atoms with E-state index >= 15 is 0 Å². The summed E-state index contributed by atoms with van der Waals surface area (Å²) in [4.78, 5) is 24.5. The van der Waals surface area contributed by atoms with Crippen molar-refractivity contribution in [2.24, 2.45) is 4.99 Å². The zero-order chi connectivity index (χ0) is 36.9. The standard InChI is InChI=1S/C42H50N4O6/c1-6-9-25-45(26-10-7-2)30-43-40-31(14-8-3)28-46(41(48)44-40)39-27-37(47)38(52-39)29-51-42(32-15-12-11-13-16-32,33-17-21-35(49-4)22-18-33)34-19-23-36(50-5)24-20-34/h11-13,15-24,28,30,37-39,47H,6-7,9-10,25-27,29H2,1-5H3/t37-,38+,39+/m0/s1. The van der Waals surface area contributed by atoms with Crippen molar-refractivity contribution in [1.29, 1.82) is 0 Å². The van der Waals surface area contributed by atoms with Crippen LogP contribution in [0.1, 0.15) is 81.4 Å². The predicted molar refractivity (Wildman–Crippen MR) is 203 cm³/mol. The highest BCUT2D eigenvalue weighted by Crippen LogP contribution is 2.42. The smallest absolute Gasteiger partial charge is 0.351 e. The van der Waals surface area contributed by atoms with Gasteiger partial charge < -0.3 is 29.0 Å². The van der Waals surface area contributed by atoms with Gasteiger partial charge in [-0.1, -0.05) is 87.2 Å². The molecule has 0 radical (unpaired) electrons. The number of hydrogen-bond donors (Lipinski definition) is 1. The molecule has 1 aliphatic rings. The summed E-state index contributed by atoms with van der Waals surface area (Å²) in [6.07, 6.45) is 5.37. The maximum atomic E-state index is 13.5. The number of aliphatic hydroxyl groups excluding tert-OH is 1. The predicted octanol–water partition coefficient (Wildman–Crippen LogP) is 6.85. The van der Waals surface area contributed by atoms with Crippen LogP contribution in [0.4, 0.5) is 5.82 Å². The molecule has 2 heterocycles. The van der Waals surface area contributed by atoms with Gasteiger partial charge >= 0.3 is 5.69 Å². The van der Waals surface area contributed by atoms with Crippen LogP contribution in [-0.2, 0) is 15.1 Å². The number of aliphatic hydroxyl groups is 1. The third-order valence-electron chi connectivity index (χ3n) is 9.28. The fourth-order valence-corrected chi connectivity index (χ4v) is 6.39. The Morgan fingerprint density at radius 2 is 1.52 bits per heavy atom. The minimum atomic E-state index is -1.09. The molecule has 4 aromatic rings. The Morgan fingerprint density at radius 1 is 0.942 bits per heavy atom. The minimum Gasteiger partial charge on any atom is -0.497 e. The Hall–Kier alpha value is -4.95. The number of ether oxygens (including phenoxy) is 4. The molecule has 52 heavy (non-hydrogen) atoms. The first kappa shape index (κ1) is 38.3. The van der Waals surface area contributed by atoms with Gasteiger partial charge in [-0.25, -0.2) is 9.79 Å². The van der Waals surface area contributed by atoms with E-state index in [-0.39, 0.29) is 18.8 Å². The zero-order valence-corrected chi connectivity index (χ0v) is 30.8. The SMILES string of the molecule is CC#Cc1cn([C@H]2C[C@H](O)[C@@H](COC(c3ccccc3)(c3ccc(OC)cc3)c3ccc(OC)cc3)O2)c(=O)nc1N=CN(CCCC)CCCC. The van der Waals surface area contributed by atoms with Crippen LogP contribution in [0.15, 0.2) is 94.8 Å². The van der Waals surface area contributed by atoms with Crippen LogP contribution in [0.25, 0.3) is 0 Å². The van der Waals surface area contributed by atoms with Crippen molar-refractivity contribution in [3.63, 3.8) is 0 Å². The van der Waals surface area contributed by atoms with E-state index in [4.69, 9.17) is 18.9 Å². The molecule has 10 nitrogen and oxygen atoms in total. The molecule has 0 spiro atoms. The molecule has 0 aliphatic carbocycles. The van der Waals surface area contributed by atoms with Crippen LogP contribution in [0.3, 0.4) is 0 Å². The van der Waals surface area contributed by atoms with Gasteiger partial charge in [0.2, 0.25) is 0 Å². The van der Waals surface area contributed by atoms with Gasteiger partial charge in [0.15, 0.2) is 5.82 Å². The number of unbranched alkanes of at least 4 members (excludes halogenated alkanes) is 2. The van der Waals surface area contributed by atoms with E-state index in [0.29, 0.717) is 17.1 Å². The zero-order valence-electron chi connectivity index (χ0n) is 30.8. The Bertz CT molecular complexity index is 1810. The number of aromatic nitrogens is 2. The van der Waals surface area contributed by atoms with Crippen molar-refractivity contribution in [3.8, 4) is 23.3 Å². The summed E-state index contributed by atoms with van der Waals surface area (Å²) in [5.41, 5.74) is 1.48. The molecular formula is C42H50N4O6. The van der Waals surface area contributed by atoms with E-state index in [1.165, 1.54) is 4.57 Å². The van der Waals surface area contributed by atoms with Crippen molar-refractivity contribution < 1.29 is 24.1 Å². The molecule has 274 valence electrons. The molecular weight excluding hydrogens is 656 g/mol. The summed E-state index contributed by atoms with van der Waals surface area (Å²) in [7, 11) is 3.26. The Labute approximate surface area is 307 Å². The fourth-order valence-electron chi connectivity index (χ4n) is 6.39. The number of nitrogens with zero attached hydrogens (tertiary/aromatic N) is 4. The average Bonchev–Trinajstić information content (AvgIpc) is 3.56. The van der Waals surface area contributed by atoms with Crippen LogP contribution in [0.5, 0.6) is 11.5 Å². The van der Waals surface area contributed by atoms with Crippen molar-refractivity contribution in [2.45, 2.75) is 76.9 Å². The first-order valence-electron chi connectivity index (χ1n) is 18.0. The van der Waals surface area contributed by atoms with Crippen LogP contribution < -0.4 is 15.2 Å². The highest BCUT2D eigenvalue weighted by molar-refractivity contribution is 5.63. The lowest BCUT2D eigenvalue weighted by Crippen LogP contribution is -2.38. The van der Waals surface area contributed by atoms with Gasteiger partial charge in [0, 0.05) is 25.7 Å². The molecule has 5 rings (SSSR count). The van der Waals surface area contributed by atoms with Gasteiger partial charge in [0.05, 0.1) is 38.8 Å². The molecule has 1 N–H and O–H groups in total. The van der Waals surface area contributed by atoms with Crippen molar-refractivity contribution >= 4 is 12.2 Å². The molecule has 0 unspecified atom stereocenters. The molecule has 3 aromatic carbocycles. The number of rotatable bonds is 17. The monoisotopic (exact) mass is 706 g/mol. The van der Waals surface area contributed by atoms with Crippen molar-refractivity contribution in [3.05, 3.63) is 118 Å². The molecule has 0 saturated carbocycles. The maximum Gasteiger partial charge on any atom is 0.351 e. The van der Waals surface area contributed by atoms with E-state index in [1.54, 1.807) is 33.7 Å². The van der Waals surface area contributed by atoms with E-state index in [0.717, 1.165) is 55.5 Å². The summed E-state index contributed by atoms with van der Waals surface area (Å²) in [6.45, 7) is 7.82. The summed E-state index contributed by atoms with van der Waals surface area (Å²) in [5.74, 6) is 7.66. The normalized spacial score (nSPS) is 17.2. The molecule has 1 aliphatic heterocycles. The Balaban J connectivity index is 1.45. The van der Waals surface area contributed by atoms with Gasteiger partial charge in [-0.15, -0.1) is 5.92 Å². The second-order valence-corrected chi connectivity index (χ2v) is 12.8. The van der Waals surface area contributed by atoms with Gasteiger partial charge in [-0.2, -0.15) is 4.98 Å². The average molecular weight is 707 g/mol. The summed E-state index contributed by atoms with van der Waals surface area (Å²) < 4.78 is 25.7. The number of hydrogen-bond acceptors (Lipinski definition) is 8. The van der Waals surface area contributed by atoms with E-state index in [1.807, 2.05) is 78.9 Å². The lowest BCUT2D eigenvalue weighted by atomic mass is 9.80. The van der Waals surface area contributed by atoms with Gasteiger partial charge in [-0.3, -0.25) is 4.57 Å². The fraction of sp³-hybridized carbons (Fsp3) is 0.405. The summed E-state index contributed by atoms with van der Waals surface area (Å²) in [5, 5.41) is 11.3. The lowest BCUT2D eigenvalue weighted by molar-refractivity contribution is -0.0944. The summed E-state index contributed by atoms with van der Waals surface area (Å²) >= 11 is 0. The van der Waals surface area contributed by atoms with Crippen LogP contribution in [-0.4, -0.2) is 72.0 Å². The van der Waals surface area contributed by atoms with Crippen LogP contribution in [0.2, 0.25) is 0 Å². The second kappa shape index (κ2) is 18.5. The van der Waals surface area contributed by atoms with Crippen LogP contribution in [0, 0.1) is 11.8 Å². The number of methoxy groups -OCH3 is 2. The number of benzene rings is 3. The van der Waals surface area contributed by atoms with E-state index < -0.39 is 29.7 Å². The van der Waals surface area contributed by atoms with Gasteiger partial charge in [-0.05, 0) is 60.7 Å². The second-order valence-electron chi connectivity index (χ2n) is 12.8. The molecule has 3 atom stereocenters. The Morgan fingerprint density at radius 3 is 2.06 bits per heavy atom. The lowest BCUT2D eigenvalue weighted by Gasteiger charge is -2.37. The topological polar surface area (TPSA) is 108 Å². The number of aliphatic imine (C=N–C) groups is 1. The largest absolute Gasteiger partial charge is 0.497 e. The van der Waals surface area contributed by atoms with Crippen LogP contribution >= 0.6 is 0 Å². The molecule has 1 fully saturated rings. The van der Waals surface area contributed by atoms with Crippen molar-refractivity contribution in [2.75, 3.05) is 33.9 Å². The quantitative estimate of drug-likeness (QED) is 0.0550. The molecule has 1 saturated heterocycles. The first-order chi connectivity index (χ1) is 25.4. The van der Waals surface area contributed by atoms with E-state index in [2.05, 4.69) is 40.6 Å². The third kappa shape index (κ3) is 8.91. The van der Waals surface area contributed by atoms with Crippen molar-refractivity contribution in [1.82, 2.24) is 14.5 Å². The van der Waals surface area contributed by atoms with E-state index in [9.17, 15) is 9.90 Å². The summed E-state index contributed by atoms with van der Waals surface area (Å²) in [6, 6.07) is 25.4. The minimum absolute atomic E-state index is 0.0160. The molecule has 0 bridgehead atoms. The molecule has 1 aromatic heterocycles. The first-order valence-corrected chi connectivity index (χ1v) is 18.0. The molecule has 0 amide bonds.